The van der Waals surface area contributed by atoms with Crippen molar-refractivity contribution in [2.75, 3.05) is 19.7 Å². The van der Waals surface area contributed by atoms with Crippen LogP contribution in [0.4, 0.5) is 0 Å². The Morgan fingerprint density at radius 1 is 1.59 bits per heavy atom. The molecule has 94 valence electrons. The smallest absolute Gasteiger partial charge is 0.0700 e. The van der Waals surface area contributed by atoms with Gasteiger partial charge in [0, 0.05) is 32.4 Å². The second kappa shape index (κ2) is 6.10. The highest BCUT2D eigenvalue weighted by Crippen LogP contribution is 2.13. The van der Waals surface area contributed by atoms with E-state index in [1.54, 1.807) is 6.20 Å². The average molecular weight is 235 g/mol. The normalized spacial score (nSPS) is 21.6. The summed E-state index contributed by atoms with van der Waals surface area (Å²) in [6.07, 6.45) is 3.26. The average Bonchev–Trinajstić information content (AvgIpc) is 2.39. The second-order valence-corrected chi connectivity index (χ2v) is 4.45. The lowest BCUT2D eigenvalue weighted by Gasteiger charge is -2.32. The van der Waals surface area contributed by atoms with Crippen LogP contribution in [0.2, 0.25) is 0 Å². The molecule has 1 fully saturated rings. The molecule has 2 N–H and O–H groups in total. The topological polar surface area (TPSA) is 51.4 Å². The number of hydrogen-bond donors (Lipinski definition) is 1. The van der Waals surface area contributed by atoms with Crippen molar-refractivity contribution >= 4 is 0 Å². The van der Waals surface area contributed by atoms with Crippen LogP contribution in [0.15, 0.2) is 18.3 Å². The number of ether oxygens (including phenoxy) is 1. The van der Waals surface area contributed by atoms with Gasteiger partial charge < -0.3 is 10.5 Å². The van der Waals surface area contributed by atoms with Crippen molar-refractivity contribution in [1.82, 2.24) is 9.88 Å². The van der Waals surface area contributed by atoms with Gasteiger partial charge in [0.05, 0.1) is 18.4 Å². The predicted octanol–water partition coefficient (Wildman–Crippen LogP) is 1.15. The van der Waals surface area contributed by atoms with Crippen LogP contribution >= 0.6 is 0 Å². The van der Waals surface area contributed by atoms with Gasteiger partial charge >= 0.3 is 0 Å². The van der Waals surface area contributed by atoms with Crippen LogP contribution in [0.1, 0.15) is 24.6 Å². The van der Waals surface area contributed by atoms with Crippen molar-refractivity contribution < 1.29 is 4.74 Å². The summed E-state index contributed by atoms with van der Waals surface area (Å²) in [4.78, 5) is 6.74. The van der Waals surface area contributed by atoms with E-state index >= 15 is 0 Å². The first kappa shape index (κ1) is 12.5. The number of nitrogens with two attached hydrogens (primary N) is 1. The molecular weight excluding hydrogens is 214 g/mol. The number of hydrogen-bond acceptors (Lipinski definition) is 4. The number of nitrogens with zero attached hydrogens (tertiary/aromatic N) is 2. The molecular formula is C13H21N3O. The first-order valence-electron chi connectivity index (χ1n) is 6.30. The minimum Gasteiger partial charge on any atom is -0.376 e. The lowest BCUT2D eigenvalue weighted by molar-refractivity contribution is -0.0325. The molecule has 17 heavy (non-hydrogen) atoms. The highest BCUT2D eigenvalue weighted by Gasteiger charge is 2.19. The van der Waals surface area contributed by atoms with E-state index in [0.717, 1.165) is 38.4 Å². The zero-order valence-corrected chi connectivity index (χ0v) is 10.4. The lowest BCUT2D eigenvalue weighted by Crippen LogP contribution is -2.41. The third-order valence-corrected chi connectivity index (χ3v) is 3.25. The largest absolute Gasteiger partial charge is 0.376 e. The number of morpholine rings is 1. The summed E-state index contributed by atoms with van der Waals surface area (Å²) >= 11 is 0. The molecule has 1 aromatic heterocycles. The quantitative estimate of drug-likeness (QED) is 0.850. The van der Waals surface area contributed by atoms with Crippen molar-refractivity contribution in [1.29, 1.82) is 0 Å². The van der Waals surface area contributed by atoms with Gasteiger partial charge in [-0.2, -0.15) is 0 Å². The summed E-state index contributed by atoms with van der Waals surface area (Å²) in [5, 5.41) is 0. The van der Waals surface area contributed by atoms with Crippen molar-refractivity contribution in [2.45, 2.75) is 32.5 Å². The Hall–Kier alpha value is -0.970. The van der Waals surface area contributed by atoms with Gasteiger partial charge in [0.15, 0.2) is 0 Å². The maximum atomic E-state index is 5.70. The molecule has 0 aromatic carbocycles. The molecule has 0 amide bonds. The second-order valence-electron chi connectivity index (χ2n) is 4.45. The zero-order chi connectivity index (χ0) is 12.1. The number of rotatable bonds is 4. The minimum atomic E-state index is 0.377. The number of pyridine rings is 1. The third-order valence-electron chi connectivity index (χ3n) is 3.25. The standard InChI is InChI=1S/C13H21N3O/c1-2-12-10-16(6-7-17-12)9-11-4-3-5-15-13(11)8-14/h3-5,12H,2,6-10,14H2,1H3. The summed E-state index contributed by atoms with van der Waals surface area (Å²) in [5.74, 6) is 0. The monoisotopic (exact) mass is 235 g/mol. The van der Waals surface area contributed by atoms with Crippen molar-refractivity contribution in [2.24, 2.45) is 5.73 Å². The summed E-state index contributed by atoms with van der Waals surface area (Å²) in [5.41, 5.74) is 7.95. The van der Waals surface area contributed by atoms with Gasteiger partial charge in [0.1, 0.15) is 0 Å². The zero-order valence-electron chi connectivity index (χ0n) is 10.4. The SMILES string of the molecule is CCC1CN(Cc2cccnc2CN)CCO1. The fourth-order valence-electron chi connectivity index (χ4n) is 2.21. The Morgan fingerprint density at radius 3 is 3.24 bits per heavy atom. The Labute approximate surface area is 103 Å². The molecule has 1 aliphatic rings. The number of aromatic nitrogens is 1. The molecule has 0 bridgehead atoms. The molecule has 1 saturated heterocycles. The molecule has 0 saturated carbocycles. The summed E-state index contributed by atoms with van der Waals surface area (Å²) in [7, 11) is 0. The Balaban J connectivity index is 2.00. The van der Waals surface area contributed by atoms with E-state index in [9.17, 15) is 0 Å². The summed E-state index contributed by atoms with van der Waals surface area (Å²) < 4.78 is 5.67. The molecule has 4 nitrogen and oxygen atoms in total. The fraction of sp³-hybridized carbons (Fsp3) is 0.615. The van der Waals surface area contributed by atoms with Crippen LogP contribution in [0, 0.1) is 0 Å². The Morgan fingerprint density at radius 2 is 2.47 bits per heavy atom. The summed E-state index contributed by atoms with van der Waals surface area (Å²) in [6.45, 7) is 6.45. The van der Waals surface area contributed by atoms with Crippen LogP contribution in [0.25, 0.3) is 0 Å². The third kappa shape index (κ3) is 3.25. The van der Waals surface area contributed by atoms with Crippen LogP contribution in [-0.2, 0) is 17.8 Å². The van der Waals surface area contributed by atoms with E-state index < -0.39 is 0 Å². The molecule has 0 aliphatic carbocycles. The van der Waals surface area contributed by atoms with Gasteiger partial charge in [-0.25, -0.2) is 0 Å². The maximum Gasteiger partial charge on any atom is 0.0700 e. The van der Waals surface area contributed by atoms with Gasteiger partial charge in [-0.05, 0) is 18.1 Å². The first-order chi connectivity index (χ1) is 8.33. The Bertz CT molecular complexity index is 356. The molecule has 0 spiro atoms. The Kier molecular flexibility index (Phi) is 4.48. The van der Waals surface area contributed by atoms with E-state index in [1.165, 1.54) is 5.56 Å². The highest BCUT2D eigenvalue weighted by molar-refractivity contribution is 5.19. The van der Waals surface area contributed by atoms with E-state index in [1.807, 2.05) is 6.07 Å². The maximum absolute atomic E-state index is 5.70. The van der Waals surface area contributed by atoms with Gasteiger partial charge in [-0.3, -0.25) is 9.88 Å². The molecule has 2 rings (SSSR count). The molecule has 4 heteroatoms. The van der Waals surface area contributed by atoms with Crippen molar-refractivity contribution in [3.05, 3.63) is 29.6 Å². The van der Waals surface area contributed by atoms with Crippen LogP contribution < -0.4 is 5.73 Å². The lowest BCUT2D eigenvalue weighted by atomic mass is 10.1. The molecule has 1 aromatic rings. The molecule has 1 unspecified atom stereocenters. The van der Waals surface area contributed by atoms with E-state index in [4.69, 9.17) is 10.5 Å². The first-order valence-corrected chi connectivity index (χ1v) is 6.30. The van der Waals surface area contributed by atoms with Crippen LogP contribution in [0.5, 0.6) is 0 Å². The van der Waals surface area contributed by atoms with Crippen molar-refractivity contribution in [3.8, 4) is 0 Å². The van der Waals surface area contributed by atoms with Crippen LogP contribution in [-0.4, -0.2) is 35.7 Å². The van der Waals surface area contributed by atoms with Gasteiger partial charge in [-0.1, -0.05) is 13.0 Å². The summed E-state index contributed by atoms with van der Waals surface area (Å²) in [6, 6.07) is 4.10. The van der Waals surface area contributed by atoms with E-state index in [-0.39, 0.29) is 0 Å². The van der Waals surface area contributed by atoms with E-state index in [0.29, 0.717) is 12.6 Å². The van der Waals surface area contributed by atoms with Gasteiger partial charge in [0.25, 0.3) is 0 Å². The molecule has 0 radical (unpaired) electrons. The van der Waals surface area contributed by atoms with E-state index in [2.05, 4.69) is 22.9 Å². The minimum absolute atomic E-state index is 0.377. The highest BCUT2D eigenvalue weighted by atomic mass is 16.5. The van der Waals surface area contributed by atoms with Gasteiger partial charge in [-0.15, -0.1) is 0 Å². The van der Waals surface area contributed by atoms with Gasteiger partial charge in [0.2, 0.25) is 0 Å². The predicted molar refractivity (Wildman–Crippen MR) is 67.4 cm³/mol. The molecule has 1 atom stereocenters. The van der Waals surface area contributed by atoms with Crippen LogP contribution in [0.3, 0.4) is 0 Å². The molecule has 2 heterocycles. The van der Waals surface area contributed by atoms with Crippen molar-refractivity contribution in [3.63, 3.8) is 0 Å². The molecule has 1 aliphatic heterocycles. The fourth-order valence-corrected chi connectivity index (χ4v) is 2.21.